The second-order valence-corrected chi connectivity index (χ2v) is 4.51. The summed E-state index contributed by atoms with van der Waals surface area (Å²) in [7, 11) is 1.73. The van der Waals surface area contributed by atoms with Crippen molar-refractivity contribution < 1.29 is 4.74 Å². The molecule has 0 bridgehead atoms. The van der Waals surface area contributed by atoms with Crippen molar-refractivity contribution in [3.8, 4) is 0 Å². The molecule has 0 atom stereocenters. The van der Waals surface area contributed by atoms with Gasteiger partial charge in [-0.1, -0.05) is 13.3 Å². The van der Waals surface area contributed by atoms with E-state index in [2.05, 4.69) is 22.3 Å². The largest absolute Gasteiger partial charge is 0.370 e. The third-order valence-electron chi connectivity index (χ3n) is 3.39. The monoisotopic (exact) mass is 236 g/mol. The van der Waals surface area contributed by atoms with Crippen molar-refractivity contribution in [2.75, 3.05) is 12.5 Å². The molecular weight excluding hydrogens is 216 g/mol. The Labute approximate surface area is 102 Å². The first-order chi connectivity index (χ1) is 8.24. The first kappa shape index (κ1) is 12.3. The molecular formula is C12H20N4O. The zero-order valence-electron chi connectivity index (χ0n) is 10.5. The Morgan fingerprint density at radius 3 is 2.71 bits per heavy atom. The molecule has 5 nitrogen and oxygen atoms in total. The van der Waals surface area contributed by atoms with Gasteiger partial charge in [-0.25, -0.2) is 15.8 Å². The van der Waals surface area contributed by atoms with Crippen LogP contribution in [0.15, 0.2) is 6.07 Å². The van der Waals surface area contributed by atoms with Crippen molar-refractivity contribution >= 4 is 5.82 Å². The van der Waals surface area contributed by atoms with Crippen molar-refractivity contribution in [1.82, 2.24) is 9.97 Å². The summed E-state index contributed by atoms with van der Waals surface area (Å²) in [6.45, 7) is 2.13. The Morgan fingerprint density at radius 2 is 2.24 bits per heavy atom. The van der Waals surface area contributed by atoms with Crippen LogP contribution in [0, 0.1) is 0 Å². The number of aryl methyl sites for hydroxylation is 1. The number of nitrogens with two attached hydrogens (primary N) is 1. The molecule has 0 spiro atoms. The van der Waals surface area contributed by atoms with Crippen molar-refractivity contribution in [2.45, 2.75) is 44.6 Å². The van der Waals surface area contributed by atoms with E-state index in [0.717, 1.165) is 37.2 Å². The van der Waals surface area contributed by atoms with Gasteiger partial charge in [0.1, 0.15) is 11.4 Å². The van der Waals surface area contributed by atoms with Crippen molar-refractivity contribution in [3.05, 3.63) is 17.6 Å². The van der Waals surface area contributed by atoms with Crippen LogP contribution in [0.4, 0.5) is 5.82 Å². The van der Waals surface area contributed by atoms with Gasteiger partial charge in [-0.05, 0) is 25.7 Å². The molecule has 1 aliphatic carbocycles. The fraction of sp³-hybridized carbons (Fsp3) is 0.667. The molecule has 1 aromatic heterocycles. The van der Waals surface area contributed by atoms with E-state index in [1.807, 2.05) is 6.07 Å². The number of nitrogen functional groups attached to an aromatic ring is 1. The Hall–Kier alpha value is -1.20. The minimum Gasteiger partial charge on any atom is -0.370 e. The van der Waals surface area contributed by atoms with Crippen LogP contribution in [0.2, 0.25) is 0 Å². The summed E-state index contributed by atoms with van der Waals surface area (Å²) in [6, 6.07) is 1.90. The van der Waals surface area contributed by atoms with E-state index in [0.29, 0.717) is 5.82 Å². The topological polar surface area (TPSA) is 73.1 Å². The Bertz CT molecular complexity index is 385. The fourth-order valence-corrected chi connectivity index (χ4v) is 2.18. The molecule has 0 amide bonds. The van der Waals surface area contributed by atoms with Gasteiger partial charge in [0.2, 0.25) is 0 Å². The molecule has 0 radical (unpaired) electrons. The van der Waals surface area contributed by atoms with E-state index in [1.165, 1.54) is 6.42 Å². The van der Waals surface area contributed by atoms with Gasteiger partial charge in [0.05, 0.1) is 0 Å². The van der Waals surface area contributed by atoms with Gasteiger partial charge in [0, 0.05) is 18.9 Å². The minimum absolute atomic E-state index is 0.282. The zero-order valence-corrected chi connectivity index (χ0v) is 10.5. The lowest BCUT2D eigenvalue weighted by Gasteiger charge is -2.39. The highest BCUT2D eigenvalue weighted by atomic mass is 16.5. The van der Waals surface area contributed by atoms with Gasteiger partial charge in [0.15, 0.2) is 5.82 Å². The van der Waals surface area contributed by atoms with Gasteiger partial charge in [-0.2, -0.15) is 0 Å². The summed E-state index contributed by atoms with van der Waals surface area (Å²) >= 11 is 0. The second-order valence-electron chi connectivity index (χ2n) is 4.51. The quantitative estimate of drug-likeness (QED) is 0.602. The zero-order chi connectivity index (χ0) is 12.3. The number of rotatable bonds is 5. The molecule has 1 fully saturated rings. The van der Waals surface area contributed by atoms with Gasteiger partial charge >= 0.3 is 0 Å². The maximum Gasteiger partial charge on any atom is 0.162 e. The Kier molecular flexibility index (Phi) is 3.59. The number of hydrogen-bond acceptors (Lipinski definition) is 5. The summed E-state index contributed by atoms with van der Waals surface area (Å²) in [5.74, 6) is 6.88. The van der Waals surface area contributed by atoms with Crippen molar-refractivity contribution in [1.29, 1.82) is 0 Å². The predicted octanol–water partition coefficient (Wildman–Crippen LogP) is 1.74. The molecule has 1 aromatic rings. The number of nitrogens with zero attached hydrogens (tertiary/aromatic N) is 2. The molecule has 5 heteroatoms. The van der Waals surface area contributed by atoms with Gasteiger partial charge in [-0.3, -0.25) is 0 Å². The van der Waals surface area contributed by atoms with Crippen LogP contribution in [0.25, 0.3) is 0 Å². The highest BCUT2D eigenvalue weighted by Crippen LogP contribution is 2.42. The molecule has 0 saturated heterocycles. The summed E-state index contributed by atoms with van der Waals surface area (Å²) in [4.78, 5) is 9.03. The van der Waals surface area contributed by atoms with E-state index in [1.54, 1.807) is 7.11 Å². The van der Waals surface area contributed by atoms with E-state index >= 15 is 0 Å². The van der Waals surface area contributed by atoms with Crippen LogP contribution in [0.5, 0.6) is 0 Å². The summed E-state index contributed by atoms with van der Waals surface area (Å²) in [6.07, 6.45) is 5.14. The van der Waals surface area contributed by atoms with Crippen LogP contribution >= 0.6 is 0 Å². The number of hydrogen-bond donors (Lipinski definition) is 2. The molecule has 1 heterocycles. The highest BCUT2D eigenvalue weighted by molar-refractivity contribution is 5.35. The summed E-state index contributed by atoms with van der Waals surface area (Å²) < 4.78 is 5.60. The lowest BCUT2D eigenvalue weighted by molar-refractivity contribution is -0.0846. The van der Waals surface area contributed by atoms with Gasteiger partial charge < -0.3 is 10.2 Å². The molecule has 0 aliphatic heterocycles. The maximum absolute atomic E-state index is 5.60. The molecule has 17 heavy (non-hydrogen) atoms. The van der Waals surface area contributed by atoms with E-state index in [4.69, 9.17) is 10.6 Å². The third kappa shape index (κ3) is 2.25. The first-order valence-electron chi connectivity index (χ1n) is 6.14. The SMILES string of the molecule is CCCc1cc(NN)nc(C2(OC)CCC2)n1. The van der Waals surface area contributed by atoms with Crippen LogP contribution < -0.4 is 11.3 Å². The minimum atomic E-state index is -0.282. The smallest absolute Gasteiger partial charge is 0.162 e. The Morgan fingerprint density at radius 1 is 1.47 bits per heavy atom. The average molecular weight is 236 g/mol. The molecule has 0 aromatic carbocycles. The van der Waals surface area contributed by atoms with Gasteiger partial charge in [0.25, 0.3) is 0 Å². The standard InChI is InChI=1S/C12H20N4O/c1-3-5-9-8-10(16-13)15-11(14-9)12(17-2)6-4-7-12/h8H,3-7,13H2,1-2H3,(H,14,15,16). The summed E-state index contributed by atoms with van der Waals surface area (Å²) in [5.41, 5.74) is 3.34. The van der Waals surface area contributed by atoms with Gasteiger partial charge in [-0.15, -0.1) is 0 Å². The van der Waals surface area contributed by atoms with Crippen LogP contribution in [0.3, 0.4) is 0 Å². The van der Waals surface area contributed by atoms with E-state index in [9.17, 15) is 0 Å². The molecule has 94 valence electrons. The van der Waals surface area contributed by atoms with Crippen LogP contribution in [0.1, 0.15) is 44.1 Å². The molecule has 3 N–H and O–H groups in total. The number of ether oxygens (including phenoxy) is 1. The van der Waals surface area contributed by atoms with Crippen molar-refractivity contribution in [2.24, 2.45) is 5.84 Å². The number of anilines is 1. The number of methoxy groups -OCH3 is 1. The molecule has 2 rings (SSSR count). The van der Waals surface area contributed by atoms with E-state index < -0.39 is 0 Å². The fourth-order valence-electron chi connectivity index (χ4n) is 2.18. The lowest BCUT2D eigenvalue weighted by atomic mass is 9.79. The van der Waals surface area contributed by atoms with Crippen LogP contribution in [-0.4, -0.2) is 17.1 Å². The first-order valence-corrected chi connectivity index (χ1v) is 6.14. The number of aromatic nitrogens is 2. The molecule has 1 saturated carbocycles. The lowest BCUT2D eigenvalue weighted by Crippen LogP contribution is -2.38. The summed E-state index contributed by atoms with van der Waals surface area (Å²) in [5, 5.41) is 0. The molecule has 0 unspecified atom stereocenters. The highest BCUT2D eigenvalue weighted by Gasteiger charge is 2.42. The van der Waals surface area contributed by atoms with E-state index in [-0.39, 0.29) is 5.60 Å². The maximum atomic E-state index is 5.60. The number of nitrogens with one attached hydrogen (secondary N) is 1. The third-order valence-corrected chi connectivity index (χ3v) is 3.39. The second kappa shape index (κ2) is 4.98. The predicted molar refractivity (Wildman–Crippen MR) is 66.4 cm³/mol. The van der Waals surface area contributed by atoms with Crippen molar-refractivity contribution in [3.63, 3.8) is 0 Å². The normalized spacial score (nSPS) is 17.6. The Balaban J connectivity index is 2.35. The number of hydrazine groups is 1. The van der Waals surface area contributed by atoms with Crippen LogP contribution in [-0.2, 0) is 16.8 Å². The average Bonchev–Trinajstić information content (AvgIpc) is 2.28. The molecule has 1 aliphatic rings.